The first-order valence-electron chi connectivity index (χ1n) is 5.07. The predicted molar refractivity (Wildman–Crippen MR) is 67.0 cm³/mol. The molecule has 7 nitrogen and oxygen atoms in total. The molecule has 100 valence electrons. The number of carbonyl (C=O) groups is 1. The molecule has 0 aliphatic carbocycles. The Morgan fingerprint density at radius 3 is 2.84 bits per heavy atom. The van der Waals surface area contributed by atoms with Crippen molar-refractivity contribution in [3.63, 3.8) is 0 Å². The number of rotatable bonds is 4. The Balaban J connectivity index is 2.54. The van der Waals surface area contributed by atoms with Gasteiger partial charge in [-0.3, -0.25) is 0 Å². The summed E-state index contributed by atoms with van der Waals surface area (Å²) in [6, 6.07) is 1.55. The number of carboxylic acids is 1. The van der Waals surface area contributed by atoms with Crippen LogP contribution >= 0.6 is 23.2 Å². The molecule has 1 aromatic heterocycles. The van der Waals surface area contributed by atoms with Gasteiger partial charge < -0.3 is 9.84 Å². The molecule has 2 aromatic rings. The summed E-state index contributed by atoms with van der Waals surface area (Å²) >= 11 is 12.2. The topological polar surface area (TPSA) is 90.1 Å². The molecule has 0 bridgehead atoms. The van der Waals surface area contributed by atoms with Crippen LogP contribution in [0.4, 0.5) is 0 Å². The van der Waals surface area contributed by atoms with Crippen LogP contribution in [0.15, 0.2) is 12.4 Å². The van der Waals surface area contributed by atoms with Gasteiger partial charge in [0.1, 0.15) is 12.0 Å². The van der Waals surface area contributed by atoms with E-state index in [1.807, 2.05) is 0 Å². The van der Waals surface area contributed by atoms with E-state index in [1.165, 1.54) is 11.0 Å². The van der Waals surface area contributed by atoms with Crippen LogP contribution in [-0.2, 0) is 4.79 Å². The summed E-state index contributed by atoms with van der Waals surface area (Å²) in [6.07, 6.45) is 1.32. The van der Waals surface area contributed by atoms with Crippen LogP contribution in [-0.4, -0.2) is 37.9 Å². The predicted octanol–water partition coefficient (Wildman–Crippen LogP) is 1.74. The molecule has 0 saturated carbocycles. The van der Waals surface area contributed by atoms with Gasteiger partial charge in [-0.1, -0.05) is 23.2 Å². The van der Waals surface area contributed by atoms with Gasteiger partial charge in [-0.05, 0) is 29.0 Å². The van der Waals surface area contributed by atoms with E-state index in [9.17, 15) is 4.79 Å². The maximum atomic E-state index is 10.6. The lowest BCUT2D eigenvalue weighted by atomic mass is 10.2. The van der Waals surface area contributed by atoms with Crippen molar-refractivity contribution in [3.05, 3.63) is 28.0 Å². The summed E-state index contributed by atoms with van der Waals surface area (Å²) in [5.41, 5.74) is 0.951. The third kappa shape index (κ3) is 2.77. The molecule has 1 N–H and O–H groups in total. The Hall–Kier alpha value is -1.86. The number of aliphatic carboxylic acids is 1. The summed E-state index contributed by atoms with van der Waals surface area (Å²) < 4.78 is 6.47. The van der Waals surface area contributed by atoms with E-state index in [-0.39, 0.29) is 10.8 Å². The van der Waals surface area contributed by atoms with Crippen molar-refractivity contribution in [2.75, 3.05) is 6.61 Å². The van der Waals surface area contributed by atoms with E-state index in [2.05, 4.69) is 15.5 Å². The van der Waals surface area contributed by atoms with Crippen molar-refractivity contribution in [1.29, 1.82) is 0 Å². The molecule has 9 heteroatoms. The number of halogens is 2. The minimum atomic E-state index is -1.12. The Kier molecular flexibility index (Phi) is 3.87. The second kappa shape index (κ2) is 5.41. The van der Waals surface area contributed by atoms with Gasteiger partial charge >= 0.3 is 5.97 Å². The number of hydrogen-bond donors (Lipinski definition) is 1. The van der Waals surface area contributed by atoms with E-state index in [0.717, 1.165) is 0 Å². The standard InChI is InChI=1S/C10H8Cl2N4O3/c1-5-6(11)2-7(16-4-13-14-15-16)10(9(5)12)19-3-8(17)18/h2,4H,3H2,1H3,(H,17,18). The number of tetrazole rings is 1. The molecule has 2 rings (SSSR count). The number of carboxylic acid groups (broad SMARTS) is 1. The zero-order valence-corrected chi connectivity index (χ0v) is 11.2. The largest absolute Gasteiger partial charge is 0.479 e. The molecule has 0 spiro atoms. The first kappa shape index (κ1) is 13.6. The van der Waals surface area contributed by atoms with Crippen molar-refractivity contribution in [2.45, 2.75) is 6.92 Å². The monoisotopic (exact) mass is 302 g/mol. The molecule has 1 aromatic carbocycles. The Morgan fingerprint density at radius 1 is 1.53 bits per heavy atom. The van der Waals surface area contributed by atoms with Crippen LogP contribution in [0.25, 0.3) is 5.69 Å². The van der Waals surface area contributed by atoms with Crippen molar-refractivity contribution in [2.24, 2.45) is 0 Å². The molecule has 0 aliphatic heterocycles. The lowest BCUT2D eigenvalue weighted by Crippen LogP contribution is -2.12. The normalized spacial score (nSPS) is 10.5. The number of aromatic nitrogens is 4. The average Bonchev–Trinajstić information content (AvgIpc) is 2.88. The lowest BCUT2D eigenvalue weighted by Gasteiger charge is -2.14. The maximum Gasteiger partial charge on any atom is 0.341 e. The van der Waals surface area contributed by atoms with Gasteiger partial charge in [-0.15, -0.1) is 5.10 Å². The average molecular weight is 303 g/mol. The van der Waals surface area contributed by atoms with E-state index in [0.29, 0.717) is 16.3 Å². The highest BCUT2D eigenvalue weighted by molar-refractivity contribution is 6.37. The second-order valence-corrected chi connectivity index (χ2v) is 4.37. The smallest absolute Gasteiger partial charge is 0.341 e. The molecule has 0 saturated heterocycles. The fraction of sp³-hybridized carbons (Fsp3) is 0.200. The summed E-state index contributed by atoms with van der Waals surface area (Å²) in [4.78, 5) is 10.6. The number of ether oxygens (including phenoxy) is 1. The zero-order chi connectivity index (χ0) is 14.0. The number of nitrogens with zero attached hydrogens (tertiary/aromatic N) is 4. The van der Waals surface area contributed by atoms with Gasteiger partial charge in [0.05, 0.1) is 5.02 Å². The molecule has 0 radical (unpaired) electrons. The fourth-order valence-corrected chi connectivity index (χ4v) is 1.89. The summed E-state index contributed by atoms with van der Waals surface area (Å²) in [5, 5.41) is 20.0. The first-order chi connectivity index (χ1) is 9.00. The quantitative estimate of drug-likeness (QED) is 0.925. The maximum absolute atomic E-state index is 10.6. The van der Waals surface area contributed by atoms with E-state index in [1.54, 1.807) is 13.0 Å². The van der Waals surface area contributed by atoms with E-state index in [4.69, 9.17) is 33.0 Å². The zero-order valence-electron chi connectivity index (χ0n) is 9.67. The lowest BCUT2D eigenvalue weighted by molar-refractivity contribution is -0.139. The van der Waals surface area contributed by atoms with Crippen LogP contribution in [0.2, 0.25) is 10.0 Å². The Morgan fingerprint density at radius 2 is 2.26 bits per heavy atom. The van der Waals surface area contributed by atoms with Gasteiger partial charge in [0.25, 0.3) is 0 Å². The third-order valence-electron chi connectivity index (χ3n) is 2.32. The molecule has 19 heavy (non-hydrogen) atoms. The second-order valence-electron chi connectivity index (χ2n) is 3.58. The third-order valence-corrected chi connectivity index (χ3v) is 3.17. The molecule has 1 heterocycles. The molecule has 0 unspecified atom stereocenters. The van der Waals surface area contributed by atoms with Crippen molar-refractivity contribution >= 4 is 29.2 Å². The number of benzene rings is 1. The number of hydrogen-bond acceptors (Lipinski definition) is 5. The van der Waals surface area contributed by atoms with Crippen molar-refractivity contribution < 1.29 is 14.6 Å². The molecule has 0 amide bonds. The highest BCUT2D eigenvalue weighted by Crippen LogP contribution is 2.38. The van der Waals surface area contributed by atoms with Gasteiger partial charge in [0, 0.05) is 5.02 Å². The molecule has 0 aliphatic rings. The van der Waals surface area contributed by atoms with Crippen LogP contribution < -0.4 is 4.74 Å². The van der Waals surface area contributed by atoms with Crippen molar-refractivity contribution in [3.8, 4) is 11.4 Å². The molecule has 0 atom stereocenters. The molecular formula is C10H8Cl2N4O3. The summed E-state index contributed by atoms with van der Waals surface area (Å²) in [5.74, 6) is -0.954. The van der Waals surface area contributed by atoms with Gasteiger partial charge in [0.2, 0.25) is 0 Å². The van der Waals surface area contributed by atoms with Crippen molar-refractivity contribution in [1.82, 2.24) is 20.2 Å². The summed E-state index contributed by atoms with van der Waals surface area (Å²) in [6.45, 7) is 1.16. The van der Waals surface area contributed by atoms with Gasteiger partial charge in [-0.25, -0.2) is 4.79 Å². The summed E-state index contributed by atoms with van der Waals surface area (Å²) in [7, 11) is 0. The highest BCUT2D eigenvalue weighted by atomic mass is 35.5. The van der Waals surface area contributed by atoms with Crippen LogP contribution in [0.1, 0.15) is 5.56 Å². The minimum Gasteiger partial charge on any atom is -0.479 e. The Labute approximate surface area is 117 Å². The van der Waals surface area contributed by atoms with Crippen LogP contribution in [0.5, 0.6) is 5.75 Å². The van der Waals surface area contributed by atoms with Gasteiger partial charge in [0.15, 0.2) is 12.4 Å². The first-order valence-corrected chi connectivity index (χ1v) is 5.83. The van der Waals surface area contributed by atoms with E-state index >= 15 is 0 Å². The molecule has 0 fully saturated rings. The van der Waals surface area contributed by atoms with Gasteiger partial charge in [-0.2, -0.15) is 4.68 Å². The van der Waals surface area contributed by atoms with Crippen LogP contribution in [0.3, 0.4) is 0 Å². The van der Waals surface area contributed by atoms with Crippen LogP contribution in [0, 0.1) is 6.92 Å². The SMILES string of the molecule is Cc1c(Cl)cc(-n2cnnn2)c(OCC(=O)O)c1Cl. The Bertz CT molecular complexity index is 616. The fourth-order valence-electron chi connectivity index (χ4n) is 1.39. The minimum absolute atomic E-state index is 0.165. The van der Waals surface area contributed by atoms with E-state index < -0.39 is 12.6 Å². The molecular weight excluding hydrogens is 295 g/mol. The highest BCUT2D eigenvalue weighted by Gasteiger charge is 2.18.